The summed E-state index contributed by atoms with van der Waals surface area (Å²) in [6.07, 6.45) is -2.10. The summed E-state index contributed by atoms with van der Waals surface area (Å²) >= 11 is 2.69. The normalized spacial score (nSPS) is 25.0. The maximum Gasteiger partial charge on any atom is 0.303 e. The molecule has 3 aromatic carbocycles. The smallest absolute Gasteiger partial charge is 0.303 e. The molecule has 32 nitrogen and oxygen atoms in total. The lowest BCUT2D eigenvalue weighted by Gasteiger charge is -2.36. The van der Waals surface area contributed by atoms with Gasteiger partial charge in [0.2, 0.25) is 70.9 Å². The largest absolute Gasteiger partial charge is 0.508 e. The number of amides is 12. The number of aromatic nitrogens is 2. The highest BCUT2D eigenvalue weighted by atomic mass is 32.2. The zero-order valence-corrected chi connectivity index (χ0v) is 64.8. The number of nitrogens with zero attached hydrogens (tertiary/aromatic N) is 2. The van der Waals surface area contributed by atoms with Gasteiger partial charge >= 0.3 is 5.97 Å². The molecule has 7 rings (SSSR count). The summed E-state index contributed by atoms with van der Waals surface area (Å²) in [6, 6.07) is 8.30. The van der Waals surface area contributed by atoms with Crippen LogP contribution in [0.15, 0.2) is 97.3 Å². The molecule has 596 valence electrons. The van der Waals surface area contributed by atoms with Crippen molar-refractivity contribution in [3.8, 4) is 11.5 Å². The topological polar surface area (TPSA) is 501 Å². The Hall–Kier alpha value is -10.3. The number of phenols is 2. The third-order valence-corrected chi connectivity index (χ3v) is 21.3. The van der Waals surface area contributed by atoms with Gasteiger partial charge in [-0.05, 0) is 129 Å². The van der Waals surface area contributed by atoms with Gasteiger partial charge in [0.15, 0.2) is 0 Å². The molecule has 18 N–H and O–H groups in total. The van der Waals surface area contributed by atoms with Crippen LogP contribution in [0.1, 0.15) is 129 Å². The second-order valence-corrected chi connectivity index (χ2v) is 32.0. The minimum absolute atomic E-state index is 0.00355. The number of aliphatic carboxylic acids is 1. The third-order valence-electron chi connectivity index (χ3n) is 19.2. The second-order valence-electron chi connectivity index (χ2n) is 29.8. The number of pyridine rings is 1. The van der Waals surface area contributed by atoms with Crippen molar-refractivity contribution in [2.45, 2.75) is 210 Å². The van der Waals surface area contributed by atoms with Gasteiger partial charge in [0, 0.05) is 79.4 Å². The van der Waals surface area contributed by atoms with Crippen molar-refractivity contribution in [1.82, 2.24) is 68.0 Å². The van der Waals surface area contributed by atoms with E-state index in [9.17, 15) is 83.1 Å². The fraction of sp³-hybridized carbons (Fsp3) is 0.500. The summed E-state index contributed by atoms with van der Waals surface area (Å²) in [5.74, 6) is -12.5. The standard InChI is InChI=1S/C76H102N14O18S2/c1-40(2)76(10)73(108)87-60(42(4)92)69(104)83-55(62(77)98)39-110-38-46-15-11-14-45(32-46)37-109-31-28-57(95)85-61(74(5,6)7)70(105)82-54(34-44-20-24-49(94)25-21-44)71(106)90-30-13-17-56(90)67(102)86-59(41(3)91)68(103)81-53(35-47-36-79-63-50(47)16-12-29-78-63)65(100)88-75(8,9)72(107)84-51(26-27-58(96)97)64(99)80-52(66(101)89-76)33-43-18-22-48(93)23-19-43/h11-12,14-16,18-25,29,32,36,40-42,51-56,59-61,91-94H,13,17,26-28,30-31,33-35,37-39H2,1-10H3,(H2,77,98)(H,78,79)(H,80,99)(H,81,103)(H,82,105)(H,83,104)(H,84,107)(H,85,95)(H,86,102)(H,87,108)(H,88,100)(H,89,101)(H,96,97)/t41-,42+,51+,52+,53+,54+,55+,56+,59+,60+,61-,76+/m1/s1. The van der Waals surface area contributed by atoms with E-state index in [1.807, 2.05) is 24.3 Å². The number of carboxylic acid groups (broad SMARTS) is 1. The molecular formula is C76H102N14O18S2. The number of aromatic amines is 1. The Morgan fingerprint density at radius 1 is 0.627 bits per heavy atom. The number of rotatable bonds is 13. The van der Waals surface area contributed by atoms with Crippen LogP contribution in [-0.2, 0) is 93.1 Å². The third kappa shape index (κ3) is 24.3. The van der Waals surface area contributed by atoms with Crippen LogP contribution in [0.25, 0.3) is 11.0 Å². The lowest BCUT2D eigenvalue weighted by atomic mass is 9.85. The van der Waals surface area contributed by atoms with E-state index in [0.29, 0.717) is 45.0 Å². The molecule has 2 aromatic heterocycles. The molecular weight excluding hydrogens is 1460 g/mol. The summed E-state index contributed by atoms with van der Waals surface area (Å²) in [5.41, 5.74) is 4.22. The molecule has 2 bridgehead atoms. The molecule has 34 heteroatoms. The molecule has 0 saturated carbocycles. The first-order chi connectivity index (χ1) is 51.7. The Morgan fingerprint density at radius 2 is 1.19 bits per heavy atom. The summed E-state index contributed by atoms with van der Waals surface area (Å²) in [7, 11) is 0. The molecule has 0 aliphatic carbocycles. The summed E-state index contributed by atoms with van der Waals surface area (Å²) < 4.78 is 0. The van der Waals surface area contributed by atoms with Crippen molar-refractivity contribution in [1.29, 1.82) is 0 Å². The van der Waals surface area contributed by atoms with Crippen LogP contribution < -0.4 is 58.9 Å². The number of carboxylic acids is 1. The number of H-pyrrole nitrogens is 1. The van der Waals surface area contributed by atoms with Gasteiger partial charge in [0.05, 0.1) is 12.2 Å². The minimum Gasteiger partial charge on any atom is -0.508 e. The number of carbonyl (C=O) groups excluding carboxylic acids is 12. The van der Waals surface area contributed by atoms with Crippen LogP contribution in [0, 0.1) is 11.3 Å². The first-order valence-corrected chi connectivity index (χ1v) is 38.5. The molecule has 1 fully saturated rings. The van der Waals surface area contributed by atoms with E-state index in [0.717, 1.165) is 11.1 Å². The van der Waals surface area contributed by atoms with E-state index in [4.69, 9.17) is 5.73 Å². The van der Waals surface area contributed by atoms with Crippen LogP contribution >= 0.6 is 23.5 Å². The van der Waals surface area contributed by atoms with E-state index in [1.165, 1.54) is 112 Å². The number of primary amides is 1. The quantitative estimate of drug-likeness (QED) is 0.0782. The summed E-state index contributed by atoms with van der Waals surface area (Å²) in [6.45, 7) is 14.5. The van der Waals surface area contributed by atoms with E-state index in [-0.39, 0.29) is 62.3 Å². The molecule has 0 radical (unpaired) electrons. The van der Waals surface area contributed by atoms with Gasteiger partial charge in [-0.25, -0.2) is 4.98 Å². The van der Waals surface area contributed by atoms with Gasteiger partial charge in [0.25, 0.3) is 0 Å². The van der Waals surface area contributed by atoms with Crippen molar-refractivity contribution >= 4 is 111 Å². The molecule has 0 spiro atoms. The Bertz CT molecular complexity index is 4150. The number of aliphatic hydroxyl groups excluding tert-OH is 2. The van der Waals surface area contributed by atoms with Gasteiger partial charge in [-0.2, -0.15) is 23.5 Å². The van der Waals surface area contributed by atoms with E-state index >= 15 is 4.79 Å². The predicted octanol–water partition coefficient (Wildman–Crippen LogP) is 1.03. The molecule has 4 heterocycles. The molecule has 2 aliphatic rings. The predicted molar refractivity (Wildman–Crippen MR) is 409 cm³/mol. The fourth-order valence-electron chi connectivity index (χ4n) is 12.4. The molecule has 12 amide bonds. The van der Waals surface area contributed by atoms with E-state index < -0.39 is 179 Å². The number of nitrogens with two attached hydrogens (primary N) is 1. The Labute approximate surface area is 645 Å². The van der Waals surface area contributed by atoms with Crippen LogP contribution in [0.3, 0.4) is 0 Å². The van der Waals surface area contributed by atoms with Crippen molar-refractivity contribution in [3.63, 3.8) is 0 Å². The molecule has 2 aliphatic heterocycles. The average molecular weight is 1560 g/mol. The SMILES string of the molecule is CC(C)[C@]1(C)NC(=O)[C@H](Cc2ccc(O)cc2)NC(=O)[C@H](CCC(=O)O)NC(=O)C(C)(C)NC(=O)[C@H](Cc2c[nH]c3ncccc23)NC(=O)[C@H]([C@@H](C)O)NC(=O)[C@@H]2CCCN2C(=O)[C@H](Cc2ccc(O)cc2)NC(=O)[C@H](C(C)(C)C)NC(=O)CCSCc2cccc(c2)CSC[C@@H](C(N)=O)NC(=O)[C@H]([C@H](C)O)NC1=O. The fourth-order valence-corrected chi connectivity index (χ4v) is 14.3. The Balaban J connectivity index is 1.23. The summed E-state index contributed by atoms with van der Waals surface area (Å²) in [4.78, 5) is 195. The number of carbonyl (C=O) groups is 13. The van der Waals surface area contributed by atoms with Crippen molar-refractivity contribution in [3.05, 3.63) is 125 Å². The highest BCUT2D eigenvalue weighted by Crippen LogP contribution is 2.27. The van der Waals surface area contributed by atoms with Gasteiger partial charge in [-0.15, -0.1) is 0 Å². The van der Waals surface area contributed by atoms with Gasteiger partial charge in [-0.3, -0.25) is 62.3 Å². The van der Waals surface area contributed by atoms with Crippen LogP contribution in [0.2, 0.25) is 0 Å². The molecule has 1 saturated heterocycles. The Morgan fingerprint density at radius 3 is 1.78 bits per heavy atom. The zero-order chi connectivity index (χ0) is 81.1. The lowest BCUT2D eigenvalue weighted by molar-refractivity contribution is -0.143. The number of thioether (sulfide) groups is 2. The highest BCUT2D eigenvalue weighted by molar-refractivity contribution is 7.98. The van der Waals surface area contributed by atoms with Gasteiger partial charge < -0.3 is 94.3 Å². The molecule has 12 atom stereocenters. The maximum absolute atomic E-state index is 15.1. The number of fused-ring (bicyclic) bond motifs is 4. The summed E-state index contributed by atoms with van der Waals surface area (Å²) in [5, 5.41) is 79.4. The first-order valence-electron chi connectivity index (χ1n) is 36.2. The first kappa shape index (κ1) is 86.9. The van der Waals surface area contributed by atoms with Gasteiger partial charge in [-0.1, -0.05) is 83.1 Å². The number of hydrogen-bond acceptors (Lipinski definition) is 20. The second kappa shape index (κ2) is 38.8. The number of aliphatic hydroxyl groups is 2. The van der Waals surface area contributed by atoms with Crippen LogP contribution in [0.4, 0.5) is 0 Å². The van der Waals surface area contributed by atoms with Crippen molar-refractivity contribution in [2.75, 3.05) is 18.1 Å². The molecule has 5 aromatic rings. The van der Waals surface area contributed by atoms with E-state index in [2.05, 4.69) is 63.1 Å². The number of phenolic OH excluding ortho intramolecular Hbond substituents is 2. The minimum atomic E-state index is -2.06. The maximum atomic E-state index is 15.1. The highest BCUT2D eigenvalue weighted by Gasteiger charge is 2.46. The van der Waals surface area contributed by atoms with Crippen LogP contribution in [-0.4, -0.2) is 213 Å². The molecule has 0 unspecified atom stereocenters. The van der Waals surface area contributed by atoms with Gasteiger partial charge in [0.1, 0.15) is 82.6 Å². The number of benzene rings is 3. The van der Waals surface area contributed by atoms with E-state index in [1.54, 1.807) is 58.9 Å². The number of nitrogens with one attached hydrogen (secondary N) is 11. The number of hydrogen-bond donors (Lipinski definition) is 17. The van der Waals surface area contributed by atoms with Crippen molar-refractivity contribution < 1.29 is 87.9 Å². The van der Waals surface area contributed by atoms with Crippen LogP contribution in [0.5, 0.6) is 11.5 Å². The average Bonchev–Trinajstić information content (AvgIpc) is 1.76. The molecule has 110 heavy (non-hydrogen) atoms. The lowest BCUT2D eigenvalue weighted by Crippen LogP contribution is -2.67. The van der Waals surface area contributed by atoms with Crippen molar-refractivity contribution in [2.24, 2.45) is 17.1 Å². The number of aromatic hydroxyl groups is 2. The Kier molecular flexibility index (Phi) is 30.7. The monoisotopic (exact) mass is 1560 g/mol. The zero-order valence-electron chi connectivity index (χ0n) is 63.2.